The molecular formula is C25H39N3O3. The fourth-order valence-corrected chi connectivity index (χ4v) is 4.30. The van der Waals surface area contributed by atoms with E-state index in [1.54, 1.807) is 7.11 Å². The van der Waals surface area contributed by atoms with Crippen LogP contribution in [0.4, 0.5) is 5.82 Å². The van der Waals surface area contributed by atoms with Crippen molar-refractivity contribution >= 4 is 16.7 Å². The number of methoxy groups -OCH3 is 1. The lowest BCUT2D eigenvalue weighted by molar-refractivity contribution is 0.0856. The largest absolute Gasteiger partial charge is 0.493 e. The molecule has 2 aromatic rings. The second-order valence-electron chi connectivity index (χ2n) is 9.40. The molecule has 6 heteroatoms. The highest BCUT2D eigenvalue weighted by molar-refractivity contribution is 5.87. The van der Waals surface area contributed by atoms with E-state index in [1.807, 2.05) is 39.0 Å². The van der Waals surface area contributed by atoms with Crippen molar-refractivity contribution in [2.24, 2.45) is 0 Å². The summed E-state index contributed by atoms with van der Waals surface area (Å²) in [5.41, 5.74) is 7.82. The van der Waals surface area contributed by atoms with Gasteiger partial charge in [-0.25, -0.2) is 4.98 Å². The van der Waals surface area contributed by atoms with Crippen LogP contribution in [0.2, 0.25) is 0 Å². The van der Waals surface area contributed by atoms with Gasteiger partial charge in [0.15, 0.2) is 11.5 Å². The Hall–Kier alpha value is -2.05. The first kappa shape index (κ1) is 23.6. The zero-order chi connectivity index (χ0) is 22.4. The van der Waals surface area contributed by atoms with E-state index in [0.717, 1.165) is 42.7 Å². The molecule has 31 heavy (non-hydrogen) atoms. The molecule has 1 aromatic heterocycles. The van der Waals surface area contributed by atoms with Crippen molar-refractivity contribution in [3.8, 4) is 11.5 Å². The molecule has 0 saturated carbocycles. The van der Waals surface area contributed by atoms with Crippen molar-refractivity contribution in [1.82, 2.24) is 9.88 Å². The van der Waals surface area contributed by atoms with Crippen LogP contribution in [0.5, 0.6) is 11.5 Å². The summed E-state index contributed by atoms with van der Waals surface area (Å²) in [5, 5.41) is 1.08. The Bertz CT molecular complexity index is 851. The molecule has 0 amide bonds. The van der Waals surface area contributed by atoms with Gasteiger partial charge in [0.05, 0.1) is 12.6 Å². The summed E-state index contributed by atoms with van der Waals surface area (Å²) < 4.78 is 17.1. The predicted molar refractivity (Wildman–Crippen MR) is 127 cm³/mol. The number of nitrogens with two attached hydrogens (primary N) is 1. The molecule has 1 aromatic carbocycles. The van der Waals surface area contributed by atoms with Crippen LogP contribution in [0.3, 0.4) is 0 Å². The average Bonchev–Trinajstić information content (AvgIpc) is 3.27. The molecule has 3 heterocycles. The SMILES string of the molecule is CCN1CCCC1.COc1cc2c(C3CCOCC3)cc(N)nc2cc1OC(C)(C)C. The van der Waals surface area contributed by atoms with E-state index in [4.69, 9.17) is 19.9 Å². The second-order valence-corrected chi connectivity index (χ2v) is 9.40. The van der Waals surface area contributed by atoms with Gasteiger partial charge >= 0.3 is 0 Å². The zero-order valence-corrected chi connectivity index (χ0v) is 19.9. The van der Waals surface area contributed by atoms with E-state index in [0.29, 0.717) is 17.5 Å². The highest BCUT2D eigenvalue weighted by atomic mass is 16.5. The Morgan fingerprint density at radius 3 is 2.32 bits per heavy atom. The highest BCUT2D eigenvalue weighted by Gasteiger charge is 2.22. The average molecular weight is 430 g/mol. The van der Waals surface area contributed by atoms with Crippen LogP contribution in [0.1, 0.15) is 64.9 Å². The molecule has 2 fully saturated rings. The number of ether oxygens (including phenoxy) is 3. The summed E-state index contributed by atoms with van der Waals surface area (Å²) in [5.74, 6) is 2.38. The Labute approximate surface area is 187 Å². The number of anilines is 1. The van der Waals surface area contributed by atoms with E-state index in [9.17, 15) is 0 Å². The van der Waals surface area contributed by atoms with E-state index >= 15 is 0 Å². The monoisotopic (exact) mass is 429 g/mol. The van der Waals surface area contributed by atoms with Crippen LogP contribution in [0, 0.1) is 0 Å². The molecule has 2 aliphatic heterocycles. The van der Waals surface area contributed by atoms with Crippen molar-refractivity contribution in [3.05, 3.63) is 23.8 Å². The van der Waals surface area contributed by atoms with Gasteiger partial charge in [0.2, 0.25) is 0 Å². The standard InChI is InChI=1S/C19H26N2O3.C6H13N/c1-19(2,3)24-17-11-15-14(9-16(17)22-4)13(10-18(20)21-15)12-5-7-23-8-6-12;1-2-7-5-3-4-6-7/h9-12H,5-8H2,1-4H3,(H2,20,21);2-6H2,1H3. The molecule has 4 rings (SSSR count). The third kappa shape index (κ3) is 6.47. The van der Waals surface area contributed by atoms with E-state index in [2.05, 4.69) is 16.8 Å². The lowest BCUT2D eigenvalue weighted by atomic mass is 9.89. The number of rotatable bonds is 4. The zero-order valence-electron chi connectivity index (χ0n) is 19.9. The molecular weight excluding hydrogens is 390 g/mol. The molecule has 0 bridgehead atoms. The second kappa shape index (κ2) is 10.5. The van der Waals surface area contributed by atoms with Crippen LogP contribution in [0.25, 0.3) is 10.9 Å². The quantitative estimate of drug-likeness (QED) is 0.738. The third-order valence-corrected chi connectivity index (χ3v) is 5.87. The molecule has 0 spiro atoms. The lowest BCUT2D eigenvalue weighted by Crippen LogP contribution is -2.23. The topological polar surface area (TPSA) is 69.8 Å². The number of nitrogen functional groups attached to an aromatic ring is 1. The van der Waals surface area contributed by atoms with Crippen LogP contribution in [0.15, 0.2) is 18.2 Å². The van der Waals surface area contributed by atoms with E-state index in [1.165, 1.54) is 38.0 Å². The van der Waals surface area contributed by atoms with Gasteiger partial charge in [-0.15, -0.1) is 0 Å². The predicted octanol–water partition coefficient (Wildman–Crippen LogP) is 5.00. The normalized spacial score (nSPS) is 18.0. The molecule has 0 radical (unpaired) electrons. The summed E-state index contributed by atoms with van der Waals surface area (Å²) in [6, 6.07) is 5.94. The Kier molecular flexibility index (Phi) is 8.00. The number of aromatic nitrogens is 1. The van der Waals surface area contributed by atoms with Crippen molar-refractivity contribution in [3.63, 3.8) is 0 Å². The molecule has 0 aliphatic carbocycles. The number of pyridine rings is 1. The van der Waals surface area contributed by atoms with Crippen LogP contribution in [-0.4, -0.2) is 55.4 Å². The summed E-state index contributed by atoms with van der Waals surface area (Å²) in [4.78, 5) is 6.99. The maximum absolute atomic E-state index is 6.06. The Morgan fingerprint density at radius 2 is 1.77 bits per heavy atom. The summed E-state index contributed by atoms with van der Waals surface area (Å²) >= 11 is 0. The maximum Gasteiger partial charge on any atom is 0.164 e. The summed E-state index contributed by atoms with van der Waals surface area (Å²) in [6.07, 6.45) is 4.85. The first-order valence-corrected chi connectivity index (χ1v) is 11.6. The van der Waals surface area contributed by atoms with Crippen molar-refractivity contribution in [2.45, 2.75) is 64.9 Å². The van der Waals surface area contributed by atoms with E-state index in [-0.39, 0.29) is 5.60 Å². The van der Waals surface area contributed by atoms with Crippen molar-refractivity contribution in [2.75, 3.05) is 45.7 Å². The van der Waals surface area contributed by atoms with E-state index < -0.39 is 0 Å². The summed E-state index contributed by atoms with van der Waals surface area (Å²) in [6.45, 7) is 13.8. The number of fused-ring (bicyclic) bond motifs is 1. The minimum absolute atomic E-state index is 0.315. The molecule has 0 unspecified atom stereocenters. The van der Waals surface area contributed by atoms with Gasteiger partial charge < -0.3 is 24.8 Å². The van der Waals surface area contributed by atoms with Crippen molar-refractivity contribution in [1.29, 1.82) is 0 Å². The number of hydrogen-bond donors (Lipinski definition) is 1. The molecule has 2 aliphatic rings. The van der Waals surface area contributed by atoms with Gasteiger partial charge in [0.1, 0.15) is 11.4 Å². The van der Waals surface area contributed by atoms with Gasteiger partial charge in [0, 0.05) is 24.7 Å². The smallest absolute Gasteiger partial charge is 0.164 e. The van der Waals surface area contributed by atoms with Gasteiger partial charge in [-0.05, 0) is 89.7 Å². The van der Waals surface area contributed by atoms with Gasteiger partial charge in [-0.1, -0.05) is 6.92 Å². The minimum Gasteiger partial charge on any atom is -0.493 e. The number of nitrogens with zero attached hydrogens (tertiary/aromatic N) is 2. The van der Waals surface area contributed by atoms with Gasteiger partial charge in [0.25, 0.3) is 0 Å². The number of hydrogen-bond acceptors (Lipinski definition) is 6. The Morgan fingerprint density at radius 1 is 1.10 bits per heavy atom. The molecule has 172 valence electrons. The minimum atomic E-state index is -0.315. The first-order valence-electron chi connectivity index (χ1n) is 11.6. The first-order chi connectivity index (χ1) is 14.8. The van der Waals surface area contributed by atoms with Crippen LogP contribution in [-0.2, 0) is 4.74 Å². The lowest BCUT2D eigenvalue weighted by Gasteiger charge is -2.25. The maximum atomic E-state index is 6.06. The Balaban J connectivity index is 0.000000330. The fourth-order valence-electron chi connectivity index (χ4n) is 4.30. The fraction of sp³-hybridized carbons (Fsp3) is 0.640. The van der Waals surface area contributed by atoms with Gasteiger partial charge in [-0.3, -0.25) is 0 Å². The molecule has 2 N–H and O–H groups in total. The third-order valence-electron chi connectivity index (χ3n) is 5.87. The molecule has 0 atom stereocenters. The summed E-state index contributed by atoms with van der Waals surface area (Å²) in [7, 11) is 1.66. The number of benzene rings is 1. The van der Waals surface area contributed by atoms with Crippen LogP contribution < -0.4 is 15.2 Å². The van der Waals surface area contributed by atoms with Gasteiger partial charge in [-0.2, -0.15) is 0 Å². The molecule has 6 nitrogen and oxygen atoms in total. The van der Waals surface area contributed by atoms with Crippen molar-refractivity contribution < 1.29 is 14.2 Å². The number of likely N-dealkylation sites (tertiary alicyclic amines) is 1. The highest BCUT2D eigenvalue weighted by Crippen LogP contribution is 2.39. The van der Waals surface area contributed by atoms with Crippen LogP contribution >= 0.6 is 0 Å². The molecule has 2 saturated heterocycles.